The summed E-state index contributed by atoms with van der Waals surface area (Å²) in [4.78, 5) is 158. The van der Waals surface area contributed by atoms with Crippen molar-refractivity contribution in [3.63, 3.8) is 0 Å². The molecule has 2 aromatic heterocycles. The molecule has 3 fully saturated rings. The molecule has 8 rings (SSSR count). The normalized spacial score (nSPS) is 19.2. The average molecular weight is 1140 g/mol. The Morgan fingerprint density at radius 2 is 1.57 bits per heavy atom. The topological polar surface area (TPSA) is 369 Å². The number of nitrogens with one attached hydrogen (secondary N) is 5. The molecule has 3 saturated heterocycles. The van der Waals surface area contributed by atoms with Crippen molar-refractivity contribution in [2.45, 2.75) is 125 Å². The maximum atomic E-state index is 14.9. The van der Waals surface area contributed by atoms with Crippen LogP contribution in [-0.2, 0) is 68.0 Å². The SMILES string of the molecule is Cn1c(=O)n(C2CCC(=O)NC2=O)c2ccc(CCCCCCC(=O)N3CC[C@H]4CC[C@@H](C(=O)N[C@@H](CCC(N)=O)C(=O)NCc5ccc(S(C)(=O)=O)cc5)N4C(=O)[C@@H](NC(=O)c4cc5cc(C(=O)P(=O)(O)O)ccc5[nH]4)C3)cc21. The van der Waals surface area contributed by atoms with E-state index in [1.165, 1.54) is 67.5 Å². The summed E-state index contributed by atoms with van der Waals surface area (Å²) in [6.07, 6.45) is 5.16. The van der Waals surface area contributed by atoms with Crippen LogP contribution in [-0.4, -0.2) is 138 Å². The van der Waals surface area contributed by atoms with Crippen LogP contribution in [0.1, 0.15) is 115 Å². The van der Waals surface area contributed by atoms with Crippen molar-refractivity contribution in [1.82, 2.24) is 45.2 Å². The summed E-state index contributed by atoms with van der Waals surface area (Å²) in [5, 5.41) is 10.7. The van der Waals surface area contributed by atoms with E-state index in [4.69, 9.17) is 5.73 Å². The highest BCUT2D eigenvalue weighted by molar-refractivity contribution is 7.90. The average Bonchev–Trinajstić information content (AvgIpc) is 4.13. The zero-order chi connectivity index (χ0) is 57.8. The predicted molar refractivity (Wildman–Crippen MR) is 288 cm³/mol. The number of aryl methyl sites for hydroxylation is 2. The molecule has 80 heavy (non-hydrogen) atoms. The number of carbonyl (C=O) groups excluding carboxylic acids is 9. The number of aromatic nitrogens is 3. The van der Waals surface area contributed by atoms with Gasteiger partial charge in [-0.2, -0.15) is 0 Å². The van der Waals surface area contributed by atoms with Gasteiger partial charge in [0.2, 0.25) is 41.4 Å². The van der Waals surface area contributed by atoms with Crippen LogP contribution in [0.3, 0.4) is 0 Å². The van der Waals surface area contributed by atoms with Gasteiger partial charge in [0.25, 0.3) is 11.4 Å². The van der Waals surface area contributed by atoms with E-state index < -0.39 is 88.6 Å². The number of amides is 8. The van der Waals surface area contributed by atoms with Crippen molar-refractivity contribution in [2.24, 2.45) is 12.8 Å². The monoisotopic (exact) mass is 1140 g/mol. The number of imidazole rings is 1. The summed E-state index contributed by atoms with van der Waals surface area (Å²) in [7, 11) is -6.98. The van der Waals surface area contributed by atoms with Crippen LogP contribution in [0.15, 0.2) is 76.4 Å². The van der Waals surface area contributed by atoms with Gasteiger partial charge in [-0.05, 0) is 111 Å². The minimum Gasteiger partial charge on any atom is -0.370 e. The molecular formula is C53H63N10O15PS. The number of H-pyrrole nitrogens is 1. The van der Waals surface area contributed by atoms with E-state index in [0.717, 1.165) is 24.7 Å². The first-order valence-electron chi connectivity index (χ1n) is 26.2. The summed E-state index contributed by atoms with van der Waals surface area (Å²) in [5.74, 6) is -4.79. The zero-order valence-corrected chi connectivity index (χ0v) is 45.7. The standard InChI is InChI=1S/C53H63N10O15PS/c1-60-43-25-30(11-18-40(43)63(53(60)73)42-20-22-45(65)59-50(42)70)7-5-3-4-6-8-46(66)61-24-23-34-13-19-41(49(69)57-37(17-21-44(54)64)47(67)55-28-31-9-14-35(15-10-31)80(2,77)78)62(34)51(71)39(29-61)58-48(68)38-27-33-26-32(12-16-36(33)56-38)52(72)79(74,75)76/h9-12,14-16,18,25-27,34,37,39,41-42,56H,3-8,13,17,19-24,28-29H2,1-2H3,(H2,54,64)(H,55,67)(H,57,69)(H,58,68)(H,59,65,70)(H2,74,75,76)/t34-,37+,39+,41+,42?/m1/s1. The van der Waals surface area contributed by atoms with Gasteiger partial charge in [-0.15, -0.1) is 0 Å². The van der Waals surface area contributed by atoms with Crippen molar-refractivity contribution in [3.05, 3.63) is 99.6 Å². The fourth-order valence-electron chi connectivity index (χ4n) is 10.7. The van der Waals surface area contributed by atoms with E-state index in [0.29, 0.717) is 47.8 Å². The van der Waals surface area contributed by atoms with Crippen LogP contribution < -0.4 is 32.7 Å². The molecule has 3 aliphatic rings. The van der Waals surface area contributed by atoms with Gasteiger partial charge in [0.15, 0.2) is 9.84 Å². The second-order valence-electron chi connectivity index (χ2n) is 20.6. The molecule has 5 aromatic rings. The number of benzene rings is 3. The largest absolute Gasteiger partial charge is 0.396 e. The van der Waals surface area contributed by atoms with E-state index in [-0.39, 0.29) is 104 Å². The second-order valence-corrected chi connectivity index (χ2v) is 24.1. The fraction of sp³-hybridized carbons (Fsp3) is 0.434. The number of hydrogen-bond donors (Lipinski definition) is 8. The highest BCUT2D eigenvalue weighted by atomic mass is 32.2. The zero-order valence-electron chi connectivity index (χ0n) is 44.0. The van der Waals surface area contributed by atoms with Crippen molar-refractivity contribution >= 4 is 92.2 Å². The predicted octanol–water partition coefficient (Wildman–Crippen LogP) is 1.47. The van der Waals surface area contributed by atoms with Crippen molar-refractivity contribution in [2.75, 3.05) is 19.3 Å². The van der Waals surface area contributed by atoms with Crippen LogP contribution >= 0.6 is 7.60 Å². The number of nitrogens with zero attached hydrogens (tertiary/aromatic N) is 4. The number of imide groups is 1. The molecular weight excluding hydrogens is 1080 g/mol. The third kappa shape index (κ3) is 13.4. The van der Waals surface area contributed by atoms with Gasteiger partial charge in [-0.25, -0.2) is 13.2 Å². The van der Waals surface area contributed by atoms with Crippen LogP contribution in [0.25, 0.3) is 21.9 Å². The molecule has 3 aromatic carbocycles. The summed E-state index contributed by atoms with van der Waals surface area (Å²) in [6.45, 7) is -0.188. The van der Waals surface area contributed by atoms with E-state index in [1.807, 2.05) is 12.1 Å². The summed E-state index contributed by atoms with van der Waals surface area (Å²) in [5.41, 5.74) is 6.33. The number of sulfone groups is 1. The lowest BCUT2D eigenvalue weighted by Gasteiger charge is -2.39. The van der Waals surface area contributed by atoms with Crippen LogP contribution in [0, 0.1) is 0 Å². The number of fused-ring (bicyclic) bond motifs is 3. The molecule has 426 valence electrons. The molecule has 0 aliphatic carbocycles. The molecule has 0 bridgehead atoms. The Morgan fingerprint density at radius 3 is 2.27 bits per heavy atom. The number of rotatable bonds is 21. The Bertz CT molecular complexity index is 3530. The lowest BCUT2D eigenvalue weighted by atomic mass is 10.0. The smallest absolute Gasteiger partial charge is 0.370 e. The van der Waals surface area contributed by atoms with E-state index >= 15 is 0 Å². The molecule has 27 heteroatoms. The van der Waals surface area contributed by atoms with Gasteiger partial charge in [0.1, 0.15) is 29.9 Å². The number of carbonyl (C=O) groups is 9. The van der Waals surface area contributed by atoms with Crippen molar-refractivity contribution < 1.29 is 65.9 Å². The maximum Gasteiger partial charge on any atom is 0.396 e. The molecule has 1 unspecified atom stereocenters. The van der Waals surface area contributed by atoms with E-state index in [1.54, 1.807) is 13.1 Å². The number of aromatic amines is 1. The first kappa shape index (κ1) is 58.4. The summed E-state index contributed by atoms with van der Waals surface area (Å²) >= 11 is 0. The molecule has 0 spiro atoms. The van der Waals surface area contributed by atoms with Crippen LogP contribution in [0.2, 0.25) is 0 Å². The highest BCUT2D eigenvalue weighted by Crippen LogP contribution is 2.39. The van der Waals surface area contributed by atoms with Crippen molar-refractivity contribution in [1.29, 1.82) is 0 Å². The lowest BCUT2D eigenvalue weighted by Crippen LogP contribution is -2.62. The quantitative estimate of drug-likeness (QED) is 0.0293. The second kappa shape index (κ2) is 24.3. The Hall–Kier alpha value is -7.80. The highest BCUT2D eigenvalue weighted by Gasteiger charge is 2.46. The summed E-state index contributed by atoms with van der Waals surface area (Å²) in [6, 6.07) is 11.3. The molecule has 0 radical (unpaired) electrons. The van der Waals surface area contributed by atoms with Gasteiger partial charge in [0, 0.05) is 74.7 Å². The maximum absolute atomic E-state index is 14.9. The minimum absolute atomic E-state index is 0.0580. The minimum atomic E-state index is -5.13. The van der Waals surface area contributed by atoms with Gasteiger partial charge in [-0.3, -0.25) is 62.2 Å². The molecule has 3 aliphatic heterocycles. The third-order valence-electron chi connectivity index (χ3n) is 14.9. The van der Waals surface area contributed by atoms with E-state index in [2.05, 4.69) is 26.3 Å². The number of nitrogens with two attached hydrogens (primary N) is 1. The van der Waals surface area contributed by atoms with Gasteiger partial charge in [0.05, 0.1) is 15.9 Å². The summed E-state index contributed by atoms with van der Waals surface area (Å²) < 4.78 is 38.5. The van der Waals surface area contributed by atoms with Gasteiger partial charge < -0.3 is 46.3 Å². The molecule has 5 atom stereocenters. The van der Waals surface area contributed by atoms with Crippen LogP contribution in [0.4, 0.5) is 0 Å². The number of piperidine rings is 1. The van der Waals surface area contributed by atoms with Crippen LogP contribution in [0.5, 0.6) is 0 Å². The van der Waals surface area contributed by atoms with Gasteiger partial charge in [-0.1, -0.05) is 31.0 Å². The Balaban J connectivity index is 0.938. The molecule has 8 amide bonds. The molecule has 9 N–H and O–H groups in total. The fourth-order valence-corrected chi connectivity index (χ4v) is 11.8. The Morgan fingerprint density at radius 1 is 0.850 bits per heavy atom. The molecule has 5 heterocycles. The number of unbranched alkanes of at least 4 members (excludes halogenated alkanes) is 3. The molecule has 25 nitrogen and oxygen atoms in total. The first-order chi connectivity index (χ1) is 37.9. The lowest BCUT2D eigenvalue weighted by molar-refractivity contribution is -0.145. The first-order valence-corrected chi connectivity index (χ1v) is 29.7. The van der Waals surface area contributed by atoms with E-state index in [9.17, 15) is 70.7 Å². The number of hydrogen-bond acceptors (Lipinski definition) is 13. The molecule has 0 saturated carbocycles. The Labute approximate surface area is 458 Å². The van der Waals surface area contributed by atoms with Crippen molar-refractivity contribution in [3.8, 4) is 0 Å². The number of primary amides is 1. The third-order valence-corrected chi connectivity index (χ3v) is 16.9. The Kier molecular flexibility index (Phi) is 17.7. The van der Waals surface area contributed by atoms with Gasteiger partial charge >= 0.3 is 13.3 Å².